The average molecular weight is 591 g/mol. The molecule has 0 atom stereocenters. The summed E-state index contributed by atoms with van der Waals surface area (Å²) in [6.07, 6.45) is 6.75. The van der Waals surface area contributed by atoms with Gasteiger partial charge in [-0.1, -0.05) is 86.3 Å². The van der Waals surface area contributed by atoms with Crippen molar-refractivity contribution in [3.8, 4) is 5.75 Å². The van der Waals surface area contributed by atoms with E-state index in [2.05, 4.69) is 16.6 Å². The highest BCUT2D eigenvalue weighted by Crippen LogP contribution is 2.27. The molecule has 0 fully saturated rings. The summed E-state index contributed by atoms with van der Waals surface area (Å²) in [5.41, 5.74) is 2.15. The summed E-state index contributed by atoms with van der Waals surface area (Å²) in [4.78, 5) is 17.2. The Morgan fingerprint density at radius 1 is 1.10 bits per heavy atom. The van der Waals surface area contributed by atoms with Crippen LogP contribution in [0.1, 0.15) is 62.7 Å². The van der Waals surface area contributed by atoms with Crippen LogP contribution >= 0.6 is 23.2 Å². The van der Waals surface area contributed by atoms with Crippen molar-refractivity contribution in [2.45, 2.75) is 53.0 Å². The quantitative estimate of drug-likeness (QED) is 0.173. The number of hydrogen-bond donors (Lipinski definition) is 1. The van der Waals surface area contributed by atoms with Gasteiger partial charge < -0.3 is 9.30 Å². The fourth-order valence-electron chi connectivity index (χ4n) is 3.77. The van der Waals surface area contributed by atoms with E-state index in [0.717, 1.165) is 30.2 Å². The fraction of sp³-hybridized carbons (Fsp3) is 0.310. The molecule has 39 heavy (non-hydrogen) atoms. The van der Waals surface area contributed by atoms with E-state index >= 15 is 0 Å². The van der Waals surface area contributed by atoms with Crippen molar-refractivity contribution >= 4 is 51.3 Å². The molecule has 1 aromatic heterocycles. The maximum Gasteiger partial charge on any atom is 0.260 e. The lowest BCUT2D eigenvalue weighted by atomic mass is 10.2. The third kappa shape index (κ3) is 8.98. The van der Waals surface area contributed by atoms with E-state index in [-0.39, 0.29) is 10.7 Å². The van der Waals surface area contributed by atoms with Gasteiger partial charge in [-0.3, -0.25) is 4.79 Å². The van der Waals surface area contributed by atoms with Crippen molar-refractivity contribution < 1.29 is 17.9 Å². The topological polar surface area (TPSA) is 90.3 Å². The number of amides is 1. The van der Waals surface area contributed by atoms with Crippen LogP contribution < -0.4 is 9.46 Å². The summed E-state index contributed by atoms with van der Waals surface area (Å²) in [6.45, 7) is 6.60. The SMILES string of the molecule is CCCCCOc1ccc(Cn2c(CC)nc(Cl)c2C=C(C)C(=O)NS(=O)(=O)C=Cc2ccccc2)c(Cl)c1. The molecule has 0 aliphatic rings. The number of rotatable bonds is 13. The number of carbonyl (C=O) groups is 1. The number of ether oxygens (including phenoxy) is 1. The molecule has 1 N–H and O–H groups in total. The number of hydrogen-bond acceptors (Lipinski definition) is 5. The fourth-order valence-corrected chi connectivity index (χ4v) is 5.08. The van der Waals surface area contributed by atoms with Gasteiger partial charge in [0.1, 0.15) is 11.6 Å². The lowest BCUT2D eigenvalue weighted by Crippen LogP contribution is -2.29. The van der Waals surface area contributed by atoms with Crippen molar-refractivity contribution in [1.82, 2.24) is 14.3 Å². The summed E-state index contributed by atoms with van der Waals surface area (Å²) in [5, 5.41) is 1.70. The number of nitrogens with zero attached hydrogens (tertiary/aromatic N) is 2. The molecule has 3 aromatic rings. The lowest BCUT2D eigenvalue weighted by Gasteiger charge is -2.13. The Morgan fingerprint density at radius 2 is 1.85 bits per heavy atom. The Hall–Kier alpha value is -3.07. The molecule has 2 aromatic carbocycles. The Labute approximate surface area is 240 Å². The number of imidazole rings is 1. The van der Waals surface area contributed by atoms with Crippen LogP contribution in [0.3, 0.4) is 0 Å². The molecule has 0 saturated carbocycles. The van der Waals surface area contributed by atoms with Crippen molar-refractivity contribution in [2.75, 3.05) is 6.61 Å². The number of benzene rings is 2. The molecule has 0 saturated heterocycles. The molecule has 1 heterocycles. The van der Waals surface area contributed by atoms with Gasteiger partial charge in [0.15, 0.2) is 5.15 Å². The van der Waals surface area contributed by atoms with E-state index in [1.165, 1.54) is 19.1 Å². The lowest BCUT2D eigenvalue weighted by molar-refractivity contribution is -0.115. The summed E-state index contributed by atoms with van der Waals surface area (Å²) in [6, 6.07) is 14.5. The smallest absolute Gasteiger partial charge is 0.260 e. The highest BCUT2D eigenvalue weighted by atomic mass is 35.5. The van der Waals surface area contributed by atoms with E-state index < -0.39 is 15.9 Å². The minimum absolute atomic E-state index is 0.152. The van der Waals surface area contributed by atoms with Gasteiger partial charge >= 0.3 is 0 Å². The van der Waals surface area contributed by atoms with Crippen LogP contribution in [0.5, 0.6) is 5.75 Å². The van der Waals surface area contributed by atoms with Gasteiger partial charge in [0.2, 0.25) is 0 Å². The Kier molecular flexibility index (Phi) is 11.2. The van der Waals surface area contributed by atoms with Gasteiger partial charge in [-0.2, -0.15) is 0 Å². The van der Waals surface area contributed by atoms with E-state index in [1.54, 1.807) is 30.3 Å². The molecule has 3 rings (SSSR count). The molecule has 0 unspecified atom stereocenters. The second-order valence-electron chi connectivity index (χ2n) is 8.97. The standard InChI is InChI=1S/C29H33Cl2N3O4S/c1-4-6-10-16-38-24-14-13-23(25(30)19-24)20-34-26(28(31)32-27(34)5-2)18-21(3)29(35)33-39(36,37)17-15-22-11-8-7-9-12-22/h7-9,11-15,17-19H,4-6,10,16,20H2,1-3H3,(H,33,35). The van der Waals surface area contributed by atoms with E-state index in [4.69, 9.17) is 27.9 Å². The van der Waals surface area contributed by atoms with Crippen molar-refractivity contribution in [3.05, 3.63) is 92.3 Å². The van der Waals surface area contributed by atoms with E-state index in [0.29, 0.717) is 47.4 Å². The predicted molar refractivity (Wildman–Crippen MR) is 158 cm³/mol. The van der Waals surface area contributed by atoms with Crippen molar-refractivity contribution in [1.29, 1.82) is 0 Å². The minimum atomic E-state index is -4.01. The van der Waals surface area contributed by atoms with Crippen molar-refractivity contribution in [3.63, 3.8) is 0 Å². The average Bonchev–Trinajstić information content (AvgIpc) is 3.21. The molecule has 10 heteroatoms. The number of carbonyl (C=O) groups excluding carboxylic acids is 1. The number of nitrogens with one attached hydrogen (secondary N) is 1. The second kappa shape index (κ2) is 14.4. The number of halogens is 2. The molecule has 0 aliphatic heterocycles. The largest absolute Gasteiger partial charge is 0.494 e. The van der Waals surface area contributed by atoms with Gasteiger partial charge in [0, 0.05) is 17.0 Å². The monoisotopic (exact) mass is 589 g/mol. The van der Waals surface area contributed by atoms with Gasteiger partial charge in [-0.15, -0.1) is 0 Å². The van der Waals surface area contributed by atoms with Gasteiger partial charge in [0.25, 0.3) is 15.9 Å². The van der Waals surface area contributed by atoms with E-state index in [9.17, 15) is 13.2 Å². The molecule has 0 spiro atoms. The first-order valence-corrected chi connectivity index (χ1v) is 15.1. The molecular formula is C29H33Cl2N3O4S. The van der Waals surface area contributed by atoms with Crippen LogP contribution in [-0.4, -0.2) is 30.5 Å². The Bertz CT molecular complexity index is 1450. The van der Waals surface area contributed by atoms with Gasteiger partial charge in [-0.25, -0.2) is 18.1 Å². The third-order valence-electron chi connectivity index (χ3n) is 5.91. The summed E-state index contributed by atoms with van der Waals surface area (Å²) >= 11 is 13.0. The van der Waals surface area contributed by atoms with Gasteiger partial charge in [0.05, 0.1) is 24.3 Å². The number of sulfonamides is 1. The first-order valence-electron chi connectivity index (χ1n) is 12.8. The molecule has 0 aliphatic carbocycles. The molecular weight excluding hydrogens is 557 g/mol. The predicted octanol–water partition coefficient (Wildman–Crippen LogP) is 6.89. The first-order chi connectivity index (χ1) is 18.6. The second-order valence-corrected chi connectivity index (χ2v) is 11.3. The molecule has 1 amide bonds. The number of aromatic nitrogens is 2. The Balaban J connectivity index is 1.79. The zero-order valence-corrected chi connectivity index (χ0v) is 24.6. The van der Waals surface area contributed by atoms with Crippen LogP contribution in [0.2, 0.25) is 10.2 Å². The highest BCUT2D eigenvalue weighted by Gasteiger charge is 2.18. The molecule has 7 nitrogen and oxygen atoms in total. The normalized spacial score (nSPS) is 12.2. The number of aryl methyl sites for hydroxylation is 1. The van der Waals surface area contributed by atoms with Crippen LogP contribution in [0, 0.1) is 0 Å². The summed E-state index contributed by atoms with van der Waals surface area (Å²) in [5.74, 6) is 0.639. The summed E-state index contributed by atoms with van der Waals surface area (Å²) in [7, 11) is -4.01. The maximum atomic E-state index is 12.8. The highest BCUT2D eigenvalue weighted by molar-refractivity contribution is 7.93. The van der Waals surface area contributed by atoms with Gasteiger partial charge in [-0.05, 0) is 48.8 Å². The van der Waals surface area contributed by atoms with Crippen LogP contribution in [0.4, 0.5) is 0 Å². The Morgan fingerprint density at radius 3 is 2.51 bits per heavy atom. The zero-order valence-electron chi connectivity index (χ0n) is 22.3. The van der Waals surface area contributed by atoms with E-state index in [1.807, 2.05) is 29.7 Å². The molecule has 208 valence electrons. The third-order valence-corrected chi connectivity index (χ3v) is 7.51. The number of unbranched alkanes of at least 4 members (excludes halogenated alkanes) is 2. The van der Waals surface area contributed by atoms with Crippen LogP contribution in [0.15, 0.2) is 59.5 Å². The zero-order chi connectivity index (χ0) is 28.4. The van der Waals surface area contributed by atoms with Crippen LogP contribution in [-0.2, 0) is 27.8 Å². The molecule has 0 radical (unpaired) electrons. The minimum Gasteiger partial charge on any atom is -0.494 e. The maximum absolute atomic E-state index is 12.8. The molecule has 0 bridgehead atoms. The summed E-state index contributed by atoms with van der Waals surface area (Å²) < 4.78 is 34.6. The first kappa shape index (κ1) is 30.5. The van der Waals surface area contributed by atoms with Crippen LogP contribution in [0.25, 0.3) is 12.2 Å². The van der Waals surface area contributed by atoms with Crippen molar-refractivity contribution in [2.24, 2.45) is 0 Å².